The molecule has 3 aliphatic rings. The molecule has 2 amide bonds. The maximum absolute atomic E-state index is 13.0. The van der Waals surface area contributed by atoms with Crippen LogP contribution in [0.25, 0.3) is 0 Å². The molecular formula is C34H38N4O7. The minimum Gasteiger partial charge on any atom is -0.484 e. The number of nitrogens with one attached hydrogen (secondary N) is 1. The topological polar surface area (TPSA) is 129 Å². The Hall–Kier alpha value is -4.67. The summed E-state index contributed by atoms with van der Waals surface area (Å²) in [6.45, 7) is 2.85. The Morgan fingerprint density at radius 2 is 1.78 bits per heavy atom. The van der Waals surface area contributed by atoms with E-state index in [0.717, 1.165) is 5.56 Å². The van der Waals surface area contributed by atoms with Crippen LogP contribution in [0.3, 0.4) is 0 Å². The highest BCUT2D eigenvalue weighted by Gasteiger charge is 2.36. The molecule has 4 atom stereocenters. The van der Waals surface area contributed by atoms with Crippen LogP contribution in [0.2, 0.25) is 0 Å². The molecule has 1 aliphatic carbocycles. The van der Waals surface area contributed by atoms with Gasteiger partial charge in [0.2, 0.25) is 5.91 Å². The van der Waals surface area contributed by atoms with E-state index >= 15 is 0 Å². The number of nitrogens with zero attached hydrogens (tertiary/aromatic N) is 3. The lowest BCUT2D eigenvalue weighted by Gasteiger charge is -2.33. The molecule has 2 aromatic carbocycles. The predicted octanol–water partition coefficient (Wildman–Crippen LogP) is 3.95. The van der Waals surface area contributed by atoms with Crippen LogP contribution in [0.4, 0.5) is 0 Å². The van der Waals surface area contributed by atoms with Crippen molar-refractivity contribution in [1.82, 2.24) is 20.0 Å². The number of esters is 2. The van der Waals surface area contributed by atoms with Crippen molar-refractivity contribution in [3.8, 4) is 5.75 Å². The van der Waals surface area contributed by atoms with Gasteiger partial charge in [-0.05, 0) is 80.0 Å². The van der Waals surface area contributed by atoms with E-state index in [2.05, 4.69) is 22.5 Å². The summed E-state index contributed by atoms with van der Waals surface area (Å²) in [5.74, 6) is -0.583. The van der Waals surface area contributed by atoms with Gasteiger partial charge in [-0.2, -0.15) is 5.10 Å². The molecule has 2 unspecified atom stereocenters. The molecule has 0 bridgehead atoms. The van der Waals surface area contributed by atoms with Crippen molar-refractivity contribution in [1.29, 1.82) is 0 Å². The fourth-order valence-electron chi connectivity index (χ4n) is 5.93. The third kappa shape index (κ3) is 7.35. The van der Waals surface area contributed by atoms with E-state index in [9.17, 15) is 19.2 Å². The second-order valence-corrected chi connectivity index (χ2v) is 12.2. The molecule has 3 heterocycles. The van der Waals surface area contributed by atoms with Crippen LogP contribution in [0, 0.1) is 5.92 Å². The highest BCUT2D eigenvalue weighted by molar-refractivity contribution is 5.92. The first-order valence-electron chi connectivity index (χ1n) is 15.6. The monoisotopic (exact) mass is 614 g/mol. The number of amides is 2. The summed E-state index contributed by atoms with van der Waals surface area (Å²) in [5, 5.41) is 7.22. The fourth-order valence-corrected chi connectivity index (χ4v) is 5.93. The molecule has 45 heavy (non-hydrogen) atoms. The summed E-state index contributed by atoms with van der Waals surface area (Å²) in [6, 6.07) is 16.3. The van der Waals surface area contributed by atoms with Crippen LogP contribution >= 0.6 is 0 Å². The molecule has 1 N–H and O–H groups in total. The zero-order valence-corrected chi connectivity index (χ0v) is 25.5. The number of rotatable bonds is 10. The second-order valence-electron chi connectivity index (χ2n) is 12.2. The van der Waals surface area contributed by atoms with Crippen molar-refractivity contribution in [2.75, 3.05) is 19.7 Å². The number of carbonyl (C=O) groups excluding carboxylic acids is 4. The van der Waals surface area contributed by atoms with E-state index in [0.29, 0.717) is 48.9 Å². The quantitative estimate of drug-likeness (QED) is 0.340. The molecule has 2 aliphatic heterocycles. The Morgan fingerprint density at radius 1 is 1.02 bits per heavy atom. The first kappa shape index (κ1) is 30.4. The van der Waals surface area contributed by atoms with E-state index in [1.54, 1.807) is 53.2 Å². The fraction of sp³-hybridized carbons (Fsp3) is 0.441. The first-order valence-corrected chi connectivity index (χ1v) is 15.6. The van der Waals surface area contributed by atoms with Gasteiger partial charge in [0.25, 0.3) is 5.91 Å². The number of carbonyl (C=O) groups is 4. The van der Waals surface area contributed by atoms with E-state index in [1.807, 2.05) is 19.1 Å². The van der Waals surface area contributed by atoms with Gasteiger partial charge in [-0.1, -0.05) is 24.3 Å². The zero-order valence-electron chi connectivity index (χ0n) is 25.5. The number of aromatic nitrogens is 2. The van der Waals surface area contributed by atoms with Crippen LogP contribution in [0.5, 0.6) is 5.75 Å². The molecule has 3 aromatic rings. The number of aryl methyl sites for hydroxylation is 1. The first-order chi connectivity index (χ1) is 21.7. The van der Waals surface area contributed by atoms with Crippen molar-refractivity contribution in [2.24, 2.45) is 13.0 Å². The molecule has 6 rings (SSSR count). The number of piperidine rings is 1. The lowest BCUT2D eigenvalue weighted by molar-refractivity contribution is -0.139. The van der Waals surface area contributed by atoms with Gasteiger partial charge >= 0.3 is 11.9 Å². The van der Waals surface area contributed by atoms with Crippen LogP contribution in [-0.2, 0) is 26.1 Å². The third-order valence-corrected chi connectivity index (χ3v) is 8.60. The van der Waals surface area contributed by atoms with Crippen LogP contribution in [0.1, 0.15) is 83.0 Å². The number of hydrogen-bond donors (Lipinski definition) is 1. The summed E-state index contributed by atoms with van der Waals surface area (Å²) >= 11 is 0. The summed E-state index contributed by atoms with van der Waals surface area (Å²) in [4.78, 5) is 51.8. The standard InChI is InChI=1S/C34H38N4O7/c1-21(35-32(40)29-15-17-37(2)36-29)31(24-9-7-23(8-10-24)22-5-6-22)44-27-13-11-25(12-14-27)34(42)45-28-4-3-16-38(19-28)33(41)26-18-30(39)43-20-26/h7-15,17,21-22,26,28,31H,3-6,16,18-20H2,1-2H3,(H,35,40)/t21?,26-,28+,31?/m1/s1. The molecule has 1 aromatic heterocycles. The summed E-state index contributed by atoms with van der Waals surface area (Å²) in [7, 11) is 1.76. The largest absolute Gasteiger partial charge is 0.484 e. The Morgan fingerprint density at radius 3 is 2.42 bits per heavy atom. The zero-order chi connectivity index (χ0) is 31.5. The normalized spacial score (nSPS) is 21.0. The SMILES string of the molecule is CC(NC(=O)c1ccn(C)n1)C(Oc1ccc(C(=O)O[C@H]2CCCN(C(=O)[C@H]3COC(=O)C3)C2)cc1)c1ccc(C2CC2)cc1. The Labute approximate surface area is 261 Å². The third-order valence-electron chi connectivity index (χ3n) is 8.60. The van der Waals surface area contributed by atoms with E-state index < -0.39 is 30.1 Å². The Bertz CT molecular complexity index is 1550. The molecule has 1 saturated carbocycles. The minimum absolute atomic E-state index is 0.0935. The maximum Gasteiger partial charge on any atom is 0.338 e. The second kappa shape index (κ2) is 13.1. The number of hydrogen-bond acceptors (Lipinski definition) is 8. The molecule has 11 heteroatoms. The van der Waals surface area contributed by atoms with Gasteiger partial charge in [0.15, 0.2) is 0 Å². The number of likely N-dealkylation sites (tertiary alicyclic amines) is 1. The number of ether oxygens (including phenoxy) is 3. The maximum atomic E-state index is 13.0. The van der Waals surface area contributed by atoms with Crippen LogP contribution < -0.4 is 10.1 Å². The van der Waals surface area contributed by atoms with Gasteiger partial charge in [-0.15, -0.1) is 0 Å². The predicted molar refractivity (Wildman–Crippen MR) is 162 cm³/mol. The van der Waals surface area contributed by atoms with Crippen LogP contribution in [-0.4, -0.2) is 70.3 Å². The van der Waals surface area contributed by atoms with Crippen molar-refractivity contribution < 1.29 is 33.4 Å². The van der Waals surface area contributed by atoms with Gasteiger partial charge in [0, 0.05) is 19.8 Å². The molecule has 236 valence electrons. The van der Waals surface area contributed by atoms with Crippen molar-refractivity contribution in [3.63, 3.8) is 0 Å². The average molecular weight is 615 g/mol. The average Bonchev–Trinajstić information content (AvgIpc) is 3.66. The van der Waals surface area contributed by atoms with Gasteiger partial charge in [-0.3, -0.25) is 19.1 Å². The van der Waals surface area contributed by atoms with Crippen molar-refractivity contribution in [3.05, 3.63) is 83.2 Å². The lowest BCUT2D eigenvalue weighted by Crippen LogP contribution is -2.46. The molecule has 11 nitrogen and oxygen atoms in total. The highest BCUT2D eigenvalue weighted by Crippen LogP contribution is 2.40. The smallest absolute Gasteiger partial charge is 0.338 e. The Kier molecular flexibility index (Phi) is 8.86. The minimum atomic E-state index is -0.505. The highest BCUT2D eigenvalue weighted by atomic mass is 16.5. The lowest BCUT2D eigenvalue weighted by atomic mass is 10.00. The van der Waals surface area contributed by atoms with E-state index in [4.69, 9.17) is 14.2 Å². The molecule has 3 fully saturated rings. The molecule has 2 saturated heterocycles. The molecule has 0 spiro atoms. The van der Waals surface area contributed by atoms with E-state index in [-0.39, 0.29) is 30.8 Å². The van der Waals surface area contributed by atoms with Crippen molar-refractivity contribution >= 4 is 23.8 Å². The van der Waals surface area contributed by atoms with Gasteiger partial charge < -0.3 is 24.4 Å². The Balaban J connectivity index is 1.10. The van der Waals surface area contributed by atoms with E-state index in [1.165, 1.54) is 18.4 Å². The van der Waals surface area contributed by atoms with Crippen LogP contribution in [0.15, 0.2) is 60.8 Å². The van der Waals surface area contributed by atoms with Gasteiger partial charge in [-0.25, -0.2) is 4.79 Å². The summed E-state index contributed by atoms with van der Waals surface area (Å²) in [5.41, 5.74) is 2.91. The number of benzene rings is 2. The van der Waals surface area contributed by atoms with Crippen molar-refractivity contribution in [2.45, 2.75) is 63.2 Å². The summed E-state index contributed by atoms with van der Waals surface area (Å²) < 4.78 is 18.7. The number of cyclic esters (lactones) is 1. The molecular weight excluding hydrogens is 576 g/mol. The van der Waals surface area contributed by atoms with Gasteiger partial charge in [0.1, 0.15) is 30.3 Å². The summed E-state index contributed by atoms with van der Waals surface area (Å²) in [6.07, 6.45) is 4.65. The molecule has 0 radical (unpaired) electrons. The van der Waals surface area contributed by atoms with Gasteiger partial charge in [0.05, 0.1) is 30.5 Å².